The number of rotatable bonds is 5. The van der Waals surface area contributed by atoms with E-state index in [1.807, 2.05) is 40.3 Å². The van der Waals surface area contributed by atoms with E-state index in [1.165, 1.54) is 20.0 Å². The molecular weight excluding hydrogens is 542 g/mol. The number of benzene rings is 1. The Morgan fingerprint density at radius 1 is 0.929 bits per heavy atom. The molecule has 0 amide bonds. The third-order valence-corrected chi connectivity index (χ3v) is 9.86. The Morgan fingerprint density at radius 3 is 2.36 bits per heavy atom. The van der Waals surface area contributed by atoms with Gasteiger partial charge in [-0.05, 0) is 37.8 Å². The van der Waals surface area contributed by atoms with Gasteiger partial charge in [-0.15, -0.1) is 0 Å². The summed E-state index contributed by atoms with van der Waals surface area (Å²) in [6.07, 6.45) is 8.18. The Hall–Kier alpha value is -2.54. The van der Waals surface area contributed by atoms with Crippen LogP contribution in [0, 0.1) is 0 Å². The Kier molecular flexibility index (Phi) is 6.62. The van der Waals surface area contributed by atoms with Gasteiger partial charge in [0.05, 0.1) is 31.4 Å². The van der Waals surface area contributed by atoms with Crippen molar-refractivity contribution in [1.29, 1.82) is 0 Å². The lowest BCUT2D eigenvalue weighted by Crippen LogP contribution is -2.43. The number of methoxy groups -OCH3 is 1. The molecule has 0 bridgehead atoms. The number of fused-ring (bicyclic) bond motifs is 4. The highest BCUT2D eigenvalue weighted by atomic mass is 16.8. The summed E-state index contributed by atoms with van der Waals surface area (Å²) >= 11 is 0. The maximum atomic E-state index is 13.1. The molecule has 0 radical (unpaired) electrons. The molecule has 2 aromatic heterocycles. The minimum absolute atomic E-state index is 0.0450. The van der Waals surface area contributed by atoms with Crippen LogP contribution in [0.4, 0.5) is 0 Å². The van der Waals surface area contributed by atoms with Crippen LogP contribution in [0.1, 0.15) is 80.4 Å². The van der Waals surface area contributed by atoms with Crippen LogP contribution in [0.5, 0.6) is 0 Å². The van der Waals surface area contributed by atoms with E-state index < -0.39 is 29.9 Å². The van der Waals surface area contributed by atoms with E-state index in [0.29, 0.717) is 23.8 Å². The van der Waals surface area contributed by atoms with Crippen molar-refractivity contribution in [3.63, 3.8) is 0 Å². The molecule has 3 saturated heterocycles. The highest BCUT2D eigenvalue weighted by Gasteiger charge is 2.62. The molecule has 3 aromatic rings. The van der Waals surface area contributed by atoms with Gasteiger partial charge in [0.15, 0.2) is 23.6 Å². The fraction of sp³-hybridized carbons (Fsp3) is 0.677. The van der Waals surface area contributed by atoms with Crippen LogP contribution in [-0.2, 0) is 46.8 Å². The first-order chi connectivity index (χ1) is 20.5. The molecule has 2 spiro atoms. The van der Waals surface area contributed by atoms with Gasteiger partial charge in [-0.3, -0.25) is 4.40 Å². The van der Waals surface area contributed by atoms with Gasteiger partial charge in [-0.1, -0.05) is 25.0 Å². The Balaban J connectivity index is 1.08. The topological polar surface area (TPSA) is 104 Å². The molecule has 11 nitrogen and oxygen atoms in total. The average Bonchev–Trinajstić information content (AvgIpc) is 3.81. The summed E-state index contributed by atoms with van der Waals surface area (Å²) in [5, 5.41) is 0. The van der Waals surface area contributed by atoms with Crippen molar-refractivity contribution >= 4 is 22.8 Å². The van der Waals surface area contributed by atoms with E-state index in [4.69, 9.17) is 38.1 Å². The van der Waals surface area contributed by atoms with Crippen LogP contribution in [-0.4, -0.2) is 75.9 Å². The summed E-state index contributed by atoms with van der Waals surface area (Å²) in [7, 11) is 3.31. The maximum Gasteiger partial charge on any atom is 0.357 e. The Labute approximate surface area is 244 Å². The Bertz CT molecular complexity index is 1490. The monoisotopic (exact) mass is 581 g/mol. The average molecular weight is 582 g/mol. The van der Waals surface area contributed by atoms with Crippen LogP contribution in [0.15, 0.2) is 24.3 Å². The van der Waals surface area contributed by atoms with Crippen molar-refractivity contribution in [3.05, 3.63) is 35.7 Å². The zero-order valence-corrected chi connectivity index (χ0v) is 24.3. The quantitative estimate of drug-likeness (QED) is 0.406. The minimum atomic E-state index is -0.708. The van der Waals surface area contributed by atoms with Gasteiger partial charge in [-0.2, -0.15) is 0 Å². The number of hydrogen-bond acceptors (Lipinski definition) is 9. The van der Waals surface area contributed by atoms with Crippen LogP contribution in [0.25, 0.3) is 16.8 Å². The van der Waals surface area contributed by atoms with Gasteiger partial charge >= 0.3 is 5.97 Å². The summed E-state index contributed by atoms with van der Waals surface area (Å²) < 4.78 is 48.2. The summed E-state index contributed by atoms with van der Waals surface area (Å²) in [5.41, 5.74) is 2.66. The van der Waals surface area contributed by atoms with Gasteiger partial charge in [-0.25, -0.2) is 9.78 Å². The highest BCUT2D eigenvalue weighted by Crippen LogP contribution is 2.49. The van der Waals surface area contributed by atoms with E-state index in [0.717, 1.165) is 62.4 Å². The summed E-state index contributed by atoms with van der Waals surface area (Å²) in [6.45, 7) is 0.506. The molecule has 226 valence electrons. The van der Waals surface area contributed by atoms with Gasteiger partial charge in [0.25, 0.3) is 0 Å². The molecule has 2 aliphatic carbocycles. The first-order valence-electron chi connectivity index (χ1n) is 15.5. The second-order valence-electron chi connectivity index (χ2n) is 12.4. The molecule has 0 unspecified atom stereocenters. The minimum Gasteiger partial charge on any atom is -0.464 e. The SMILES string of the molecule is COC(=O)c1c(CO[C@@H]2O[C@H]([C@@H]3COC4(CCCCC4)O3)[C@@H]3OC4(CCCCC4)O[C@@H]23)nc2n(C)c3ccccc3n12. The number of carbonyl (C=O) groups is 1. The zero-order chi connectivity index (χ0) is 28.5. The number of hydrogen-bond donors (Lipinski definition) is 0. The molecule has 1 aromatic carbocycles. The molecule has 2 saturated carbocycles. The normalized spacial score (nSPS) is 31.9. The van der Waals surface area contributed by atoms with Crippen molar-refractivity contribution < 1.29 is 38.0 Å². The maximum absolute atomic E-state index is 13.1. The third-order valence-electron chi connectivity index (χ3n) is 9.86. The smallest absolute Gasteiger partial charge is 0.357 e. The molecule has 5 atom stereocenters. The van der Waals surface area contributed by atoms with Gasteiger partial charge in [0.2, 0.25) is 5.78 Å². The van der Waals surface area contributed by atoms with Crippen molar-refractivity contribution in [1.82, 2.24) is 14.0 Å². The molecular formula is C31H39N3O8. The third kappa shape index (κ3) is 4.23. The second kappa shape index (κ2) is 10.3. The van der Waals surface area contributed by atoms with E-state index >= 15 is 0 Å². The van der Waals surface area contributed by atoms with Crippen LogP contribution in [0.3, 0.4) is 0 Å². The fourth-order valence-electron chi connectivity index (χ4n) is 7.80. The highest BCUT2D eigenvalue weighted by molar-refractivity contribution is 5.93. The van der Waals surface area contributed by atoms with Gasteiger partial charge in [0, 0.05) is 32.7 Å². The van der Waals surface area contributed by atoms with Crippen LogP contribution < -0.4 is 0 Å². The first kappa shape index (κ1) is 27.0. The number of esters is 1. The van der Waals surface area contributed by atoms with E-state index in [2.05, 4.69) is 0 Å². The number of nitrogens with zero attached hydrogens (tertiary/aromatic N) is 3. The molecule has 8 rings (SSSR count). The molecule has 3 aliphatic heterocycles. The van der Waals surface area contributed by atoms with Crippen molar-refractivity contribution in [2.45, 2.75) is 113 Å². The van der Waals surface area contributed by atoms with E-state index in [9.17, 15) is 4.79 Å². The number of imidazole rings is 2. The second-order valence-corrected chi connectivity index (χ2v) is 12.4. The molecule has 11 heteroatoms. The molecule has 42 heavy (non-hydrogen) atoms. The van der Waals surface area contributed by atoms with E-state index in [-0.39, 0.29) is 24.9 Å². The number of carbonyl (C=O) groups excluding carboxylic acids is 1. The lowest BCUT2D eigenvalue weighted by Gasteiger charge is -2.35. The first-order valence-corrected chi connectivity index (χ1v) is 15.5. The number of para-hydroxylation sites is 2. The van der Waals surface area contributed by atoms with Gasteiger partial charge < -0.3 is 37.7 Å². The lowest BCUT2D eigenvalue weighted by atomic mass is 9.94. The predicted octanol–water partition coefficient (Wildman–Crippen LogP) is 4.37. The molecule has 5 aliphatic rings. The molecule has 0 N–H and O–H groups in total. The molecule has 5 fully saturated rings. The largest absolute Gasteiger partial charge is 0.464 e. The van der Waals surface area contributed by atoms with E-state index in [1.54, 1.807) is 0 Å². The molecule has 5 heterocycles. The van der Waals surface area contributed by atoms with Crippen molar-refractivity contribution in [3.8, 4) is 0 Å². The van der Waals surface area contributed by atoms with Crippen molar-refractivity contribution in [2.24, 2.45) is 7.05 Å². The summed E-state index contributed by atoms with van der Waals surface area (Å²) in [5.74, 6) is -0.971. The summed E-state index contributed by atoms with van der Waals surface area (Å²) in [6, 6.07) is 7.87. The van der Waals surface area contributed by atoms with Crippen molar-refractivity contribution in [2.75, 3.05) is 13.7 Å². The predicted molar refractivity (Wildman–Crippen MR) is 149 cm³/mol. The van der Waals surface area contributed by atoms with Crippen LogP contribution >= 0.6 is 0 Å². The summed E-state index contributed by atoms with van der Waals surface area (Å²) in [4.78, 5) is 17.9. The zero-order valence-electron chi connectivity index (χ0n) is 24.3. The standard InChI is InChI=1S/C31H39N3O8/c1-33-20-11-5-6-12-21(20)34-23(27(35)36-2)19(32-29(33)34)17-37-28-26-25(41-31(42-26)15-9-4-10-16-31)24(39-28)22-18-38-30(40-22)13-7-3-8-14-30/h5-6,11-12,22,24-26,28H,3-4,7-10,13-18H2,1-2H3/t22-,24+,25-,26+,28+/m0/s1. The lowest BCUT2D eigenvalue weighted by molar-refractivity contribution is -0.270. The fourth-order valence-corrected chi connectivity index (χ4v) is 7.80. The number of aryl methyl sites for hydroxylation is 1. The van der Waals surface area contributed by atoms with Gasteiger partial charge in [0.1, 0.15) is 30.1 Å². The number of ether oxygens (including phenoxy) is 7. The number of aromatic nitrogens is 3. The van der Waals surface area contributed by atoms with Crippen LogP contribution in [0.2, 0.25) is 0 Å². The Morgan fingerprint density at radius 2 is 1.62 bits per heavy atom.